The number of hydrogen-bond donors (Lipinski definition) is 0. The summed E-state index contributed by atoms with van der Waals surface area (Å²) in [6.07, 6.45) is 5.31. The molecule has 1 aliphatic heterocycles. The molecule has 1 fully saturated rings. The fourth-order valence-electron chi connectivity index (χ4n) is 3.90. The molecule has 0 unspecified atom stereocenters. The Morgan fingerprint density at radius 1 is 1.08 bits per heavy atom. The molecule has 0 atom stereocenters. The lowest BCUT2D eigenvalue weighted by atomic mass is 10.1. The molecule has 0 radical (unpaired) electrons. The molecule has 4 rings (SSSR count). The zero-order valence-corrected chi connectivity index (χ0v) is 14.4. The van der Waals surface area contributed by atoms with Gasteiger partial charge < -0.3 is 14.2 Å². The smallest absolute Gasteiger partial charge is 0.218 e. The van der Waals surface area contributed by atoms with Crippen LogP contribution in [0.1, 0.15) is 31.2 Å². The Hall–Kier alpha value is -2.01. The second kappa shape index (κ2) is 6.48. The topological polar surface area (TPSA) is 43.8 Å². The molecule has 1 aliphatic carbocycles. The van der Waals surface area contributed by atoms with Crippen LogP contribution in [-0.2, 0) is 6.54 Å². The van der Waals surface area contributed by atoms with Gasteiger partial charge in [0, 0.05) is 36.1 Å². The highest BCUT2D eigenvalue weighted by Gasteiger charge is 2.26. The second-order valence-electron chi connectivity index (χ2n) is 6.61. The van der Waals surface area contributed by atoms with Crippen LogP contribution in [0.4, 0.5) is 0 Å². The van der Waals surface area contributed by atoms with Crippen molar-refractivity contribution >= 4 is 10.9 Å². The zero-order chi connectivity index (χ0) is 16.5. The first-order valence-electron chi connectivity index (χ1n) is 8.71. The van der Waals surface area contributed by atoms with Crippen LogP contribution in [0.3, 0.4) is 0 Å². The lowest BCUT2D eigenvalue weighted by Gasteiger charge is -2.26. The fourth-order valence-corrected chi connectivity index (χ4v) is 3.90. The monoisotopic (exact) mass is 328 g/mol. The average Bonchev–Trinajstić information content (AvgIpc) is 3.06. The van der Waals surface area contributed by atoms with E-state index in [9.17, 15) is 0 Å². The standard InChI is InChI=1S/C19H24N2O3/c1-22-17-10-13-9-14-12-21(15-5-3-4-6-15)7-8-24-19(14)20-16(13)11-18(17)23-2/h9-11,15H,3-8,12H2,1-2H3. The van der Waals surface area contributed by atoms with Gasteiger partial charge in [-0.1, -0.05) is 12.8 Å². The fraction of sp³-hybridized carbons (Fsp3) is 0.526. The van der Waals surface area contributed by atoms with Crippen molar-refractivity contribution in [3.05, 3.63) is 23.8 Å². The van der Waals surface area contributed by atoms with E-state index in [4.69, 9.17) is 19.2 Å². The van der Waals surface area contributed by atoms with Crippen molar-refractivity contribution in [2.45, 2.75) is 38.3 Å². The normalized spacial score (nSPS) is 18.9. The lowest BCUT2D eigenvalue weighted by molar-refractivity contribution is 0.170. The van der Waals surface area contributed by atoms with Gasteiger partial charge in [-0.3, -0.25) is 4.90 Å². The molecule has 1 saturated carbocycles. The molecule has 5 nitrogen and oxygen atoms in total. The minimum atomic E-state index is 0.693. The van der Waals surface area contributed by atoms with Crippen LogP contribution in [0, 0.1) is 0 Å². The van der Waals surface area contributed by atoms with Crippen LogP contribution >= 0.6 is 0 Å². The number of pyridine rings is 1. The lowest BCUT2D eigenvalue weighted by Crippen LogP contribution is -2.34. The van der Waals surface area contributed by atoms with E-state index < -0.39 is 0 Å². The number of ether oxygens (including phenoxy) is 3. The first-order chi connectivity index (χ1) is 11.8. The molecule has 2 heterocycles. The third-order valence-corrected chi connectivity index (χ3v) is 5.19. The third kappa shape index (κ3) is 2.77. The highest BCUT2D eigenvalue weighted by Crippen LogP contribution is 2.35. The van der Waals surface area contributed by atoms with Crippen LogP contribution < -0.4 is 14.2 Å². The Kier molecular flexibility index (Phi) is 4.19. The number of fused-ring (bicyclic) bond motifs is 2. The molecule has 0 N–H and O–H groups in total. The number of aromatic nitrogens is 1. The number of nitrogens with zero attached hydrogens (tertiary/aromatic N) is 2. The van der Waals surface area contributed by atoms with Gasteiger partial charge in [-0.05, 0) is 25.0 Å². The van der Waals surface area contributed by atoms with Gasteiger partial charge in [-0.15, -0.1) is 0 Å². The SMILES string of the molecule is COc1cc2cc3c(nc2cc1OC)OCCN(C1CCCC1)C3. The van der Waals surface area contributed by atoms with Gasteiger partial charge in [0.25, 0.3) is 0 Å². The van der Waals surface area contributed by atoms with Crippen LogP contribution in [0.15, 0.2) is 18.2 Å². The predicted octanol–water partition coefficient (Wildman–Crippen LogP) is 3.39. The Morgan fingerprint density at radius 2 is 1.83 bits per heavy atom. The predicted molar refractivity (Wildman–Crippen MR) is 93.0 cm³/mol. The first-order valence-corrected chi connectivity index (χ1v) is 8.71. The minimum absolute atomic E-state index is 0.693. The van der Waals surface area contributed by atoms with Crippen molar-refractivity contribution in [1.82, 2.24) is 9.88 Å². The van der Waals surface area contributed by atoms with E-state index in [-0.39, 0.29) is 0 Å². The van der Waals surface area contributed by atoms with Crippen molar-refractivity contribution in [2.24, 2.45) is 0 Å². The minimum Gasteiger partial charge on any atom is -0.493 e. The van der Waals surface area contributed by atoms with Crippen LogP contribution in [-0.4, -0.2) is 43.3 Å². The van der Waals surface area contributed by atoms with E-state index in [1.165, 1.54) is 31.2 Å². The van der Waals surface area contributed by atoms with Gasteiger partial charge >= 0.3 is 0 Å². The zero-order valence-electron chi connectivity index (χ0n) is 14.4. The van der Waals surface area contributed by atoms with Crippen LogP contribution in [0.2, 0.25) is 0 Å². The van der Waals surface area contributed by atoms with Crippen LogP contribution in [0.5, 0.6) is 17.4 Å². The summed E-state index contributed by atoms with van der Waals surface area (Å²) >= 11 is 0. The van der Waals surface area contributed by atoms with Crippen molar-refractivity contribution in [3.8, 4) is 17.4 Å². The molecule has 2 aromatic rings. The highest BCUT2D eigenvalue weighted by molar-refractivity contribution is 5.84. The van der Waals surface area contributed by atoms with Crippen molar-refractivity contribution in [2.75, 3.05) is 27.4 Å². The number of methoxy groups -OCH3 is 2. The molecule has 128 valence electrons. The molecular formula is C19H24N2O3. The molecule has 0 saturated heterocycles. The van der Waals surface area contributed by atoms with Gasteiger partial charge in [-0.25, -0.2) is 4.98 Å². The van der Waals surface area contributed by atoms with E-state index in [0.717, 1.165) is 35.6 Å². The molecular weight excluding hydrogens is 304 g/mol. The maximum Gasteiger partial charge on any atom is 0.218 e. The van der Waals surface area contributed by atoms with Crippen LogP contribution in [0.25, 0.3) is 10.9 Å². The highest BCUT2D eigenvalue weighted by atomic mass is 16.5. The number of benzene rings is 1. The first kappa shape index (κ1) is 15.5. The van der Waals surface area contributed by atoms with E-state index in [2.05, 4.69) is 11.0 Å². The van der Waals surface area contributed by atoms with E-state index in [0.29, 0.717) is 18.4 Å². The van der Waals surface area contributed by atoms with Gasteiger partial charge in [0.1, 0.15) is 6.61 Å². The molecule has 24 heavy (non-hydrogen) atoms. The third-order valence-electron chi connectivity index (χ3n) is 5.19. The summed E-state index contributed by atoms with van der Waals surface area (Å²) in [4.78, 5) is 7.30. The van der Waals surface area contributed by atoms with E-state index in [1.807, 2.05) is 12.1 Å². The molecule has 0 bridgehead atoms. The molecule has 0 amide bonds. The molecule has 5 heteroatoms. The summed E-state index contributed by atoms with van der Waals surface area (Å²) in [7, 11) is 3.30. The average molecular weight is 328 g/mol. The Bertz CT molecular complexity index is 741. The second-order valence-corrected chi connectivity index (χ2v) is 6.61. The summed E-state index contributed by atoms with van der Waals surface area (Å²) in [5, 5.41) is 1.06. The largest absolute Gasteiger partial charge is 0.493 e. The van der Waals surface area contributed by atoms with E-state index in [1.54, 1.807) is 14.2 Å². The van der Waals surface area contributed by atoms with Crippen molar-refractivity contribution < 1.29 is 14.2 Å². The van der Waals surface area contributed by atoms with Gasteiger partial charge in [-0.2, -0.15) is 0 Å². The molecule has 0 spiro atoms. The Morgan fingerprint density at radius 3 is 2.58 bits per heavy atom. The number of hydrogen-bond acceptors (Lipinski definition) is 5. The van der Waals surface area contributed by atoms with E-state index >= 15 is 0 Å². The Labute approximate surface area is 142 Å². The summed E-state index contributed by atoms with van der Waals surface area (Å²) in [6, 6.07) is 6.79. The van der Waals surface area contributed by atoms with Gasteiger partial charge in [0.2, 0.25) is 5.88 Å². The van der Waals surface area contributed by atoms with Gasteiger partial charge in [0.05, 0.1) is 19.7 Å². The van der Waals surface area contributed by atoms with Crippen molar-refractivity contribution in [3.63, 3.8) is 0 Å². The number of rotatable bonds is 3. The summed E-state index contributed by atoms with van der Waals surface area (Å²) in [5.74, 6) is 2.18. The molecule has 2 aliphatic rings. The van der Waals surface area contributed by atoms with Crippen molar-refractivity contribution in [1.29, 1.82) is 0 Å². The molecule has 1 aromatic heterocycles. The maximum atomic E-state index is 5.95. The summed E-state index contributed by atoms with van der Waals surface area (Å²) < 4.78 is 16.8. The maximum absolute atomic E-state index is 5.95. The van der Waals surface area contributed by atoms with Gasteiger partial charge in [0.15, 0.2) is 11.5 Å². The molecule has 1 aromatic carbocycles. The Balaban J connectivity index is 1.72. The summed E-state index contributed by atoms with van der Waals surface area (Å²) in [5.41, 5.74) is 2.04. The summed E-state index contributed by atoms with van der Waals surface area (Å²) in [6.45, 7) is 2.59. The quantitative estimate of drug-likeness (QED) is 0.864.